The Labute approximate surface area is 227 Å². The van der Waals surface area contributed by atoms with Gasteiger partial charge in [0.1, 0.15) is 0 Å². The summed E-state index contributed by atoms with van der Waals surface area (Å²) in [7, 11) is 1.39. The van der Waals surface area contributed by atoms with Crippen LogP contribution in [0.5, 0.6) is 11.5 Å². The van der Waals surface area contributed by atoms with Gasteiger partial charge < -0.3 is 25.2 Å². The summed E-state index contributed by atoms with van der Waals surface area (Å²) >= 11 is 0. The predicted molar refractivity (Wildman–Crippen MR) is 151 cm³/mol. The molecule has 0 spiro atoms. The monoisotopic (exact) mass is 530 g/mol. The summed E-state index contributed by atoms with van der Waals surface area (Å²) < 4.78 is 5.01. The highest BCUT2D eigenvalue weighted by atomic mass is 16.5. The molecule has 0 heterocycles. The van der Waals surface area contributed by atoms with Gasteiger partial charge in [-0.3, -0.25) is 9.59 Å². The molecule has 0 aromatic heterocycles. The molecule has 0 fully saturated rings. The van der Waals surface area contributed by atoms with Gasteiger partial charge in [-0.15, -0.1) is 0 Å². The highest BCUT2D eigenvalue weighted by Crippen LogP contribution is 2.27. The minimum absolute atomic E-state index is 0.0369. The van der Waals surface area contributed by atoms with Crippen molar-refractivity contribution >= 4 is 17.6 Å². The average molecular weight is 531 g/mol. The van der Waals surface area contributed by atoms with Gasteiger partial charge >= 0.3 is 0 Å². The molecular formula is C31H46O7. The molecule has 7 nitrogen and oxygen atoms in total. The number of rotatable bonds is 21. The Morgan fingerprint density at radius 3 is 2.24 bits per heavy atom. The van der Waals surface area contributed by atoms with Gasteiger partial charge in [0.25, 0.3) is 0 Å². The maximum atomic E-state index is 12.6. The van der Waals surface area contributed by atoms with Gasteiger partial charge in [0.05, 0.1) is 13.7 Å². The molecule has 0 aliphatic rings. The predicted octanol–water partition coefficient (Wildman–Crippen LogP) is 5.45. The van der Waals surface area contributed by atoms with Crippen molar-refractivity contribution in [3.8, 4) is 11.5 Å². The SMILES string of the molecule is CCCCC/C=C\C/C=C\CCCCCCCC(=O)C(O)(CO)C(O)C(=O)/C=C/c1ccc(O)c(OC)c1. The van der Waals surface area contributed by atoms with E-state index in [9.17, 15) is 30.0 Å². The first kappa shape index (κ1) is 33.3. The number of aliphatic hydroxyl groups is 3. The van der Waals surface area contributed by atoms with E-state index >= 15 is 0 Å². The first-order valence-electron chi connectivity index (χ1n) is 13.7. The molecule has 0 saturated heterocycles. The van der Waals surface area contributed by atoms with Crippen molar-refractivity contribution < 1.29 is 34.8 Å². The van der Waals surface area contributed by atoms with Gasteiger partial charge in [-0.25, -0.2) is 0 Å². The molecule has 38 heavy (non-hydrogen) atoms. The van der Waals surface area contributed by atoms with E-state index in [1.54, 1.807) is 0 Å². The summed E-state index contributed by atoms with van der Waals surface area (Å²) in [6, 6.07) is 4.40. The summed E-state index contributed by atoms with van der Waals surface area (Å²) in [4.78, 5) is 25.0. The molecule has 0 bridgehead atoms. The fourth-order valence-electron chi connectivity index (χ4n) is 3.94. The van der Waals surface area contributed by atoms with E-state index in [1.807, 2.05) is 0 Å². The maximum absolute atomic E-state index is 12.6. The number of methoxy groups -OCH3 is 1. The van der Waals surface area contributed by atoms with Gasteiger partial charge in [-0.1, -0.05) is 75.5 Å². The van der Waals surface area contributed by atoms with Crippen molar-refractivity contribution in [1.82, 2.24) is 0 Å². The van der Waals surface area contributed by atoms with Crippen LogP contribution in [-0.2, 0) is 9.59 Å². The van der Waals surface area contributed by atoms with E-state index in [2.05, 4.69) is 31.2 Å². The lowest BCUT2D eigenvalue weighted by atomic mass is 9.87. The van der Waals surface area contributed by atoms with Crippen molar-refractivity contribution in [1.29, 1.82) is 0 Å². The van der Waals surface area contributed by atoms with Crippen LogP contribution in [0.3, 0.4) is 0 Å². The molecule has 2 atom stereocenters. The molecule has 212 valence electrons. The number of ether oxygens (including phenoxy) is 1. The smallest absolute Gasteiger partial charge is 0.187 e. The Morgan fingerprint density at radius 2 is 1.61 bits per heavy atom. The van der Waals surface area contributed by atoms with Crippen molar-refractivity contribution in [2.45, 2.75) is 95.7 Å². The lowest BCUT2D eigenvalue weighted by Gasteiger charge is -2.28. The number of hydrogen-bond donors (Lipinski definition) is 4. The number of carbonyl (C=O) groups is 2. The lowest BCUT2D eigenvalue weighted by molar-refractivity contribution is -0.163. The number of benzene rings is 1. The van der Waals surface area contributed by atoms with E-state index in [4.69, 9.17) is 4.74 Å². The number of phenolic OH excluding ortho intramolecular Hbond substituents is 1. The van der Waals surface area contributed by atoms with Gasteiger partial charge in [0, 0.05) is 6.42 Å². The van der Waals surface area contributed by atoms with E-state index in [0.717, 1.165) is 51.0 Å². The average Bonchev–Trinajstić information content (AvgIpc) is 2.93. The number of ketones is 2. The molecular weight excluding hydrogens is 484 g/mol. The number of aliphatic hydroxyl groups excluding tert-OH is 2. The highest BCUT2D eigenvalue weighted by molar-refractivity contribution is 6.03. The maximum Gasteiger partial charge on any atom is 0.187 e. The molecule has 2 unspecified atom stereocenters. The van der Waals surface area contributed by atoms with Crippen LogP contribution in [0.1, 0.15) is 89.5 Å². The number of unbranched alkanes of at least 4 members (excludes halogenated alkanes) is 8. The summed E-state index contributed by atoms with van der Waals surface area (Å²) in [5, 5.41) is 40.2. The zero-order valence-corrected chi connectivity index (χ0v) is 23.0. The third-order valence-electron chi connectivity index (χ3n) is 6.44. The molecule has 0 aliphatic heterocycles. The second kappa shape index (κ2) is 19.3. The van der Waals surface area contributed by atoms with Gasteiger partial charge in [0.2, 0.25) is 0 Å². The van der Waals surface area contributed by atoms with Crippen molar-refractivity contribution in [2.24, 2.45) is 0 Å². The third kappa shape index (κ3) is 12.2. The number of Topliss-reactive ketones (excluding diaryl/α,β-unsaturated/α-hetero) is 1. The van der Waals surface area contributed by atoms with E-state index < -0.39 is 29.9 Å². The summed E-state index contributed by atoms with van der Waals surface area (Å²) in [6.45, 7) is 1.15. The van der Waals surface area contributed by atoms with Crippen molar-refractivity contribution in [3.05, 3.63) is 54.1 Å². The largest absolute Gasteiger partial charge is 0.504 e. The minimum atomic E-state index is -2.55. The Bertz CT molecular complexity index is 919. The van der Waals surface area contributed by atoms with E-state index in [0.29, 0.717) is 12.0 Å². The van der Waals surface area contributed by atoms with Gasteiger partial charge in [-0.05, 0) is 62.3 Å². The summed E-state index contributed by atoms with van der Waals surface area (Å²) in [6.07, 6.45) is 20.4. The number of hydrogen-bond acceptors (Lipinski definition) is 7. The summed E-state index contributed by atoms with van der Waals surface area (Å²) in [5.41, 5.74) is -2.05. The van der Waals surface area contributed by atoms with E-state index in [-0.39, 0.29) is 17.9 Å². The van der Waals surface area contributed by atoms with Crippen LogP contribution < -0.4 is 4.74 Å². The topological polar surface area (TPSA) is 124 Å². The number of aromatic hydroxyl groups is 1. The summed E-state index contributed by atoms with van der Waals surface area (Å²) in [5.74, 6) is -1.53. The van der Waals surface area contributed by atoms with Gasteiger partial charge in [-0.2, -0.15) is 0 Å². The zero-order valence-electron chi connectivity index (χ0n) is 23.0. The molecule has 1 aromatic carbocycles. The minimum Gasteiger partial charge on any atom is -0.504 e. The highest BCUT2D eigenvalue weighted by Gasteiger charge is 2.44. The lowest BCUT2D eigenvalue weighted by Crippen LogP contribution is -2.55. The molecule has 4 N–H and O–H groups in total. The molecule has 0 amide bonds. The van der Waals surface area contributed by atoms with Crippen molar-refractivity contribution in [3.63, 3.8) is 0 Å². The Hall–Kier alpha value is -2.74. The van der Waals surface area contributed by atoms with Crippen LogP contribution in [-0.4, -0.2) is 57.4 Å². The van der Waals surface area contributed by atoms with E-state index in [1.165, 1.54) is 50.6 Å². The van der Waals surface area contributed by atoms with Crippen LogP contribution in [0, 0.1) is 0 Å². The normalized spacial score (nSPS) is 14.3. The molecule has 7 heteroatoms. The first-order valence-corrected chi connectivity index (χ1v) is 13.7. The number of phenols is 1. The second-order valence-electron chi connectivity index (χ2n) is 9.56. The Morgan fingerprint density at radius 1 is 0.974 bits per heavy atom. The molecule has 0 aliphatic carbocycles. The van der Waals surface area contributed by atoms with Crippen molar-refractivity contribution in [2.75, 3.05) is 13.7 Å². The zero-order chi connectivity index (χ0) is 28.2. The van der Waals surface area contributed by atoms with Crippen LogP contribution >= 0.6 is 0 Å². The van der Waals surface area contributed by atoms with Crippen LogP contribution in [0.4, 0.5) is 0 Å². The Balaban J connectivity index is 2.35. The third-order valence-corrected chi connectivity index (χ3v) is 6.44. The fourth-order valence-corrected chi connectivity index (χ4v) is 3.94. The standard InChI is InChI=1S/C31H46O7/c1-3-4-5-6-7-8-9-10-11-12-13-14-15-16-17-18-29(35)31(37,24-32)30(36)27(34)22-20-25-19-21-26(33)28(23-25)38-2/h7-8,10-11,19-23,30,32-33,36-37H,3-6,9,12-18,24H2,1-2H3/b8-7-,11-10-,22-20+. The molecule has 1 rings (SSSR count). The number of allylic oxidation sites excluding steroid dienone is 4. The molecule has 1 aromatic rings. The van der Waals surface area contributed by atoms with Crippen LogP contribution in [0.15, 0.2) is 48.6 Å². The second-order valence-corrected chi connectivity index (χ2v) is 9.56. The fraction of sp³-hybridized carbons (Fsp3) is 0.548. The molecule has 0 radical (unpaired) electrons. The first-order chi connectivity index (χ1) is 18.3. The quantitative estimate of drug-likeness (QED) is 0.0946. The van der Waals surface area contributed by atoms with Crippen LogP contribution in [0.25, 0.3) is 6.08 Å². The Kier molecular flexibility index (Phi) is 16.9. The van der Waals surface area contributed by atoms with Gasteiger partial charge in [0.15, 0.2) is 34.8 Å². The number of carbonyl (C=O) groups excluding carboxylic acids is 2. The van der Waals surface area contributed by atoms with Crippen LogP contribution in [0.2, 0.25) is 0 Å². The molecule has 0 saturated carbocycles.